The third kappa shape index (κ3) is 7.97. The van der Waals surface area contributed by atoms with Gasteiger partial charge in [-0.3, -0.25) is 4.90 Å². The molecule has 0 spiro atoms. The number of nitriles is 1. The lowest BCUT2D eigenvalue weighted by molar-refractivity contribution is -0.137. The molecule has 1 aliphatic carbocycles. The van der Waals surface area contributed by atoms with E-state index < -0.39 is 21.8 Å². The Kier molecular flexibility index (Phi) is 10.2. The summed E-state index contributed by atoms with van der Waals surface area (Å²) in [6.07, 6.45) is 0.0438. The van der Waals surface area contributed by atoms with Crippen LogP contribution in [-0.4, -0.2) is 52.1 Å². The van der Waals surface area contributed by atoms with Gasteiger partial charge in [-0.25, -0.2) is 13.1 Å². The normalized spacial score (nSPS) is 21.3. The minimum absolute atomic E-state index is 0. The van der Waals surface area contributed by atoms with Gasteiger partial charge in [0.25, 0.3) is 0 Å². The van der Waals surface area contributed by atoms with Crippen LogP contribution in [0.3, 0.4) is 0 Å². The fraction of sp³-hybridized carbons (Fsp3) is 0.542. The zero-order valence-corrected chi connectivity index (χ0v) is 23.2. The molecule has 1 saturated heterocycles. The molecule has 1 aliphatic heterocycles. The number of nitrogens with one attached hydrogen (secondary N) is 1. The average molecular weight is 598 g/mol. The summed E-state index contributed by atoms with van der Waals surface area (Å²) in [5.41, 5.74) is -0.345. The lowest BCUT2D eigenvalue weighted by Gasteiger charge is -2.37. The summed E-state index contributed by atoms with van der Waals surface area (Å²) in [6.45, 7) is 3.61. The highest BCUT2D eigenvalue weighted by Gasteiger charge is 2.32. The fourth-order valence-electron chi connectivity index (χ4n) is 4.91. The molecular formula is C24H29Cl2F3N4O2S2. The van der Waals surface area contributed by atoms with E-state index in [9.17, 15) is 21.6 Å². The van der Waals surface area contributed by atoms with E-state index in [1.54, 1.807) is 6.07 Å². The topological polar surface area (TPSA) is 76.4 Å². The number of hydrogen-bond donors (Lipinski definition) is 1. The van der Waals surface area contributed by atoms with Crippen molar-refractivity contribution in [2.24, 2.45) is 5.92 Å². The van der Waals surface area contributed by atoms with Crippen LogP contribution >= 0.6 is 35.3 Å². The zero-order chi connectivity index (χ0) is 25.9. The van der Waals surface area contributed by atoms with Crippen LogP contribution in [0.25, 0.3) is 0 Å². The number of piperazine rings is 1. The predicted molar refractivity (Wildman–Crippen MR) is 142 cm³/mol. The summed E-state index contributed by atoms with van der Waals surface area (Å²) in [4.78, 5) is 4.23. The van der Waals surface area contributed by atoms with Crippen molar-refractivity contribution >= 4 is 51.1 Å². The van der Waals surface area contributed by atoms with Crippen molar-refractivity contribution < 1.29 is 21.6 Å². The average Bonchev–Trinajstić information content (AvgIpc) is 3.30. The largest absolute Gasteiger partial charge is 0.416 e. The Morgan fingerprint density at radius 3 is 2.32 bits per heavy atom. The number of nitrogens with zero attached hydrogens (tertiary/aromatic N) is 3. The Morgan fingerprint density at radius 2 is 1.76 bits per heavy atom. The van der Waals surface area contributed by atoms with Crippen molar-refractivity contribution in [3.8, 4) is 6.07 Å². The molecule has 1 aromatic heterocycles. The second kappa shape index (κ2) is 12.5. The Bertz CT molecular complexity index is 1200. The molecule has 1 aromatic carbocycles. The van der Waals surface area contributed by atoms with Crippen molar-refractivity contribution in [2.75, 3.05) is 37.6 Å². The van der Waals surface area contributed by atoms with Crippen LogP contribution in [-0.2, 0) is 16.2 Å². The number of sulfonamides is 1. The minimum Gasteiger partial charge on any atom is -0.369 e. The molecule has 13 heteroatoms. The van der Waals surface area contributed by atoms with Crippen molar-refractivity contribution in [3.05, 3.63) is 45.8 Å². The molecule has 0 atom stereocenters. The minimum atomic E-state index is -4.49. The van der Waals surface area contributed by atoms with E-state index in [-0.39, 0.29) is 28.2 Å². The smallest absolute Gasteiger partial charge is 0.369 e. The summed E-state index contributed by atoms with van der Waals surface area (Å²) in [6, 6.07) is 8.40. The maximum atomic E-state index is 13.2. The highest BCUT2D eigenvalue weighted by molar-refractivity contribution is 7.91. The van der Waals surface area contributed by atoms with Crippen LogP contribution in [0.2, 0.25) is 4.34 Å². The SMILES string of the molecule is Cl.N#Cc1cc(N2CCN(CC[C@H]3CC[C@H](NS(=O)(=O)c4ccc(Cl)s4)CC3)CC2)cc(C(F)(F)F)c1. The van der Waals surface area contributed by atoms with Gasteiger partial charge < -0.3 is 4.90 Å². The molecule has 2 aliphatic rings. The van der Waals surface area contributed by atoms with E-state index >= 15 is 0 Å². The highest BCUT2D eigenvalue weighted by Crippen LogP contribution is 2.34. The lowest BCUT2D eigenvalue weighted by atomic mass is 9.84. The first-order valence-electron chi connectivity index (χ1n) is 11.9. The predicted octanol–water partition coefficient (Wildman–Crippen LogP) is 5.76. The molecule has 4 rings (SSSR count). The molecule has 1 N–H and O–H groups in total. The number of benzene rings is 1. The molecule has 0 amide bonds. The number of alkyl halides is 3. The van der Waals surface area contributed by atoms with Crippen LogP contribution in [0.1, 0.15) is 43.2 Å². The molecule has 2 fully saturated rings. The van der Waals surface area contributed by atoms with Crippen molar-refractivity contribution in [2.45, 2.75) is 48.5 Å². The van der Waals surface area contributed by atoms with Gasteiger partial charge in [0.15, 0.2) is 0 Å². The third-order valence-electron chi connectivity index (χ3n) is 6.95. The number of rotatable bonds is 7. The van der Waals surface area contributed by atoms with Crippen LogP contribution in [0, 0.1) is 17.2 Å². The van der Waals surface area contributed by atoms with Crippen LogP contribution in [0.4, 0.5) is 18.9 Å². The Labute approximate surface area is 230 Å². The van der Waals surface area contributed by atoms with Gasteiger partial charge in [0.05, 0.1) is 21.5 Å². The highest BCUT2D eigenvalue weighted by atomic mass is 35.5. The van der Waals surface area contributed by atoms with Gasteiger partial charge in [-0.05, 0) is 74.9 Å². The molecule has 6 nitrogen and oxygen atoms in total. The van der Waals surface area contributed by atoms with Crippen LogP contribution in [0.15, 0.2) is 34.5 Å². The van der Waals surface area contributed by atoms with Gasteiger partial charge in [-0.1, -0.05) is 11.6 Å². The van der Waals surface area contributed by atoms with Crippen LogP contribution < -0.4 is 9.62 Å². The van der Waals surface area contributed by atoms with E-state index in [2.05, 4.69) is 9.62 Å². The molecule has 204 valence electrons. The molecule has 0 unspecified atom stereocenters. The van der Waals surface area contributed by atoms with Crippen LogP contribution in [0.5, 0.6) is 0 Å². The second-order valence-corrected chi connectivity index (χ2v) is 13.0. The molecular weight excluding hydrogens is 568 g/mol. The first-order chi connectivity index (χ1) is 17.0. The fourth-order valence-corrected chi connectivity index (χ4v) is 7.71. The zero-order valence-electron chi connectivity index (χ0n) is 20.0. The third-order valence-corrected chi connectivity index (χ3v) is 10.2. The van der Waals surface area contributed by atoms with Crippen molar-refractivity contribution in [3.63, 3.8) is 0 Å². The van der Waals surface area contributed by atoms with E-state index in [4.69, 9.17) is 16.9 Å². The first kappa shape index (κ1) is 30.0. The maximum Gasteiger partial charge on any atom is 0.416 e. The summed E-state index contributed by atoms with van der Waals surface area (Å²) in [7, 11) is -3.54. The van der Waals surface area contributed by atoms with Gasteiger partial charge in [-0.15, -0.1) is 23.7 Å². The maximum absolute atomic E-state index is 13.2. The summed E-state index contributed by atoms with van der Waals surface area (Å²) < 4.78 is 68.1. The van der Waals surface area contributed by atoms with Gasteiger partial charge >= 0.3 is 6.18 Å². The lowest BCUT2D eigenvalue weighted by Crippen LogP contribution is -2.47. The van der Waals surface area contributed by atoms with E-state index in [1.165, 1.54) is 12.1 Å². The van der Waals surface area contributed by atoms with Crippen molar-refractivity contribution in [1.29, 1.82) is 5.26 Å². The molecule has 1 saturated carbocycles. The standard InChI is InChI=1S/C24H28ClF3N4O2S2.ClH/c25-22-5-6-23(35-22)36(33,34)30-20-3-1-17(2-4-20)7-8-31-9-11-32(12-10-31)21-14-18(16-29)13-19(15-21)24(26,27)28;/h5-6,13-15,17,20,30H,1-4,7-12H2;1H/t17-,20-;. The molecule has 0 bridgehead atoms. The van der Waals surface area contributed by atoms with Crippen molar-refractivity contribution in [1.82, 2.24) is 9.62 Å². The molecule has 2 aromatic rings. The number of halogens is 5. The molecule has 2 heterocycles. The number of hydrogen-bond acceptors (Lipinski definition) is 6. The van der Waals surface area contributed by atoms with E-state index in [0.29, 0.717) is 29.0 Å². The van der Waals surface area contributed by atoms with E-state index in [0.717, 1.165) is 75.2 Å². The quantitative estimate of drug-likeness (QED) is 0.439. The van der Waals surface area contributed by atoms with Gasteiger partial charge in [0.1, 0.15) is 4.21 Å². The van der Waals surface area contributed by atoms with Gasteiger partial charge in [0.2, 0.25) is 10.0 Å². The molecule has 37 heavy (non-hydrogen) atoms. The second-order valence-electron chi connectivity index (χ2n) is 9.39. The monoisotopic (exact) mass is 596 g/mol. The van der Waals surface area contributed by atoms with E-state index in [1.807, 2.05) is 11.0 Å². The first-order valence-corrected chi connectivity index (χ1v) is 14.6. The summed E-state index contributed by atoms with van der Waals surface area (Å²) >= 11 is 6.92. The Hall–Kier alpha value is -1.55. The van der Waals surface area contributed by atoms with Gasteiger partial charge in [0, 0.05) is 37.9 Å². The van der Waals surface area contributed by atoms with Gasteiger partial charge in [-0.2, -0.15) is 18.4 Å². The molecule has 0 radical (unpaired) electrons. The number of anilines is 1. The Balaban J connectivity index is 0.00000380. The summed E-state index contributed by atoms with van der Waals surface area (Å²) in [5.74, 6) is 0.529. The number of thiophene rings is 1. The summed E-state index contributed by atoms with van der Waals surface area (Å²) in [5, 5.41) is 9.13. The Morgan fingerprint density at radius 1 is 1.08 bits per heavy atom.